The largest absolute Gasteiger partial charge is 0.393 e. The van der Waals surface area contributed by atoms with Gasteiger partial charge in [0.15, 0.2) is 0 Å². The average Bonchev–Trinajstić information content (AvgIpc) is 3.07. The molecule has 2 aliphatic heterocycles. The summed E-state index contributed by atoms with van der Waals surface area (Å²) < 4.78 is 5.72. The summed E-state index contributed by atoms with van der Waals surface area (Å²) in [5.74, 6) is 0.469. The highest BCUT2D eigenvalue weighted by atomic mass is 16.5. The van der Waals surface area contributed by atoms with Gasteiger partial charge in [-0.3, -0.25) is 4.79 Å². The Bertz CT molecular complexity index is 346. The number of hydrogen-bond donors (Lipinski definition) is 1. The second-order valence-corrected chi connectivity index (χ2v) is 6.42. The van der Waals surface area contributed by atoms with Gasteiger partial charge >= 0.3 is 0 Å². The molecule has 3 aliphatic rings. The first-order chi connectivity index (χ1) is 9.16. The fourth-order valence-corrected chi connectivity index (χ4v) is 4.10. The molecule has 19 heavy (non-hydrogen) atoms. The predicted octanol–water partition coefficient (Wildman–Crippen LogP) is 1.71. The highest BCUT2D eigenvalue weighted by molar-refractivity contribution is 5.81. The van der Waals surface area contributed by atoms with E-state index in [1.54, 1.807) is 0 Å². The zero-order valence-electron chi connectivity index (χ0n) is 11.8. The van der Waals surface area contributed by atoms with Crippen LogP contribution in [0.2, 0.25) is 0 Å². The van der Waals surface area contributed by atoms with E-state index in [1.807, 2.05) is 11.8 Å². The molecule has 0 radical (unpaired) electrons. The molecule has 0 aromatic carbocycles. The van der Waals surface area contributed by atoms with E-state index in [0.29, 0.717) is 5.92 Å². The van der Waals surface area contributed by atoms with E-state index in [4.69, 9.17) is 4.74 Å². The zero-order valence-corrected chi connectivity index (χ0v) is 11.8. The van der Waals surface area contributed by atoms with Gasteiger partial charge in [0, 0.05) is 18.5 Å². The number of aliphatic hydroxyl groups is 1. The maximum absolute atomic E-state index is 12.6. The Morgan fingerprint density at radius 3 is 2.63 bits per heavy atom. The number of hydrogen-bond acceptors (Lipinski definition) is 3. The predicted molar refractivity (Wildman–Crippen MR) is 71.7 cm³/mol. The number of likely N-dealkylation sites (tertiary alicyclic amines) is 1. The van der Waals surface area contributed by atoms with Gasteiger partial charge in [0.2, 0.25) is 0 Å². The second kappa shape index (κ2) is 5.41. The van der Waals surface area contributed by atoms with E-state index < -0.39 is 0 Å². The Morgan fingerprint density at radius 1 is 1.16 bits per heavy atom. The smallest absolute Gasteiger partial charge is 0.251 e. The standard InChI is InChI=1S/C15H25NO3/c1-10-7-8-14(19-10)15(18)16-9-3-5-12(16)11-4-2-6-13(11)17/h10-14,17H,2-9H2,1H3. The van der Waals surface area contributed by atoms with Crippen LogP contribution in [-0.2, 0) is 9.53 Å². The fraction of sp³-hybridized carbons (Fsp3) is 0.933. The Morgan fingerprint density at radius 2 is 2.00 bits per heavy atom. The van der Waals surface area contributed by atoms with Crippen molar-refractivity contribution in [3.8, 4) is 0 Å². The molecule has 0 aromatic rings. The fourth-order valence-electron chi connectivity index (χ4n) is 4.10. The number of carbonyl (C=O) groups excluding carboxylic acids is 1. The maximum Gasteiger partial charge on any atom is 0.251 e. The first kappa shape index (κ1) is 13.4. The van der Waals surface area contributed by atoms with E-state index in [0.717, 1.165) is 51.5 Å². The third kappa shape index (κ3) is 2.52. The summed E-state index contributed by atoms with van der Waals surface area (Å²) in [7, 11) is 0. The molecule has 2 saturated heterocycles. The van der Waals surface area contributed by atoms with Gasteiger partial charge in [-0.25, -0.2) is 0 Å². The molecule has 1 aliphatic carbocycles. The molecular weight excluding hydrogens is 242 g/mol. The minimum Gasteiger partial charge on any atom is -0.393 e. The lowest BCUT2D eigenvalue weighted by molar-refractivity contribution is -0.145. The Kier molecular flexibility index (Phi) is 3.81. The van der Waals surface area contributed by atoms with Crippen molar-refractivity contribution in [1.82, 2.24) is 4.90 Å². The van der Waals surface area contributed by atoms with Crippen molar-refractivity contribution in [3.63, 3.8) is 0 Å². The van der Waals surface area contributed by atoms with Gasteiger partial charge in [-0.1, -0.05) is 6.42 Å². The Labute approximate surface area is 115 Å². The minimum absolute atomic E-state index is 0.172. The van der Waals surface area contributed by atoms with E-state index in [2.05, 4.69) is 0 Å². The third-order valence-electron chi connectivity index (χ3n) is 5.12. The quantitative estimate of drug-likeness (QED) is 0.828. The molecule has 3 rings (SSSR count). The van der Waals surface area contributed by atoms with E-state index in [9.17, 15) is 9.90 Å². The average molecular weight is 267 g/mol. The third-order valence-corrected chi connectivity index (χ3v) is 5.12. The summed E-state index contributed by atoms with van der Waals surface area (Å²) in [6.45, 7) is 2.89. The van der Waals surface area contributed by atoms with Crippen LogP contribution in [0.25, 0.3) is 0 Å². The molecule has 5 unspecified atom stereocenters. The first-order valence-corrected chi connectivity index (χ1v) is 7.81. The lowest BCUT2D eigenvalue weighted by Gasteiger charge is -2.32. The van der Waals surface area contributed by atoms with Gasteiger partial charge in [0.05, 0.1) is 12.2 Å². The van der Waals surface area contributed by atoms with Gasteiger partial charge < -0.3 is 14.7 Å². The van der Waals surface area contributed by atoms with Crippen LogP contribution in [0.15, 0.2) is 0 Å². The van der Waals surface area contributed by atoms with E-state index >= 15 is 0 Å². The molecule has 3 fully saturated rings. The molecule has 5 atom stereocenters. The molecule has 0 aromatic heterocycles. The summed E-state index contributed by atoms with van der Waals surface area (Å²) in [6, 6.07) is 0.254. The van der Waals surface area contributed by atoms with Gasteiger partial charge in [0.1, 0.15) is 6.10 Å². The van der Waals surface area contributed by atoms with Gasteiger partial charge in [-0.05, 0) is 45.4 Å². The highest BCUT2D eigenvalue weighted by Crippen LogP contribution is 2.36. The molecule has 1 amide bonds. The lowest BCUT2D eigenvalue weighted by atomic mass is 9.93. The lowest BCUT2D eigenvalue weighted by Crippen LogP contribution is -2.46. The SMILES string of the molecule is CC1CCC(C(=O)N2CCCC2C2CCCC2O)O1. The minimum atomic E-state index is -0.228. The van der Waals surface area contributed by atoms with Crippen molar-refractivity contribution in [3.05, 3.63) is 0 Å². The number of amides is 1. The zero-order chi connectivity index (χ0) is 13.4. The van der Waals surface area contributed by atoms with E-state index in [-0.39, 0.29) is 30.3 Å². The summed E-state index contributed by atoms with van der Waals surface area (Å²) in [5, 5.41) is 10.1. The normalized spacial score (nSPS) is 43.1. The summed E-state index contributed by atoms with van der Waals surface area (Å²) in [4.78, 5) is 14.6. The summed E-state index contributed by atoms with van der Waals surface area (Å²) >= 11 is 0. The molecule has 4 heteroatoms. The molecule has 4 nitrogen and oxygen atoms in total. The van der Waals surface area contributed by atoms with Crippen LogP contribution in [0.5, 0.6) is 0 Å². The highest BCUT2D eigenvalue weighted by Gasteiger charge is 2.42. The molecule has 0 spiro atoms. The molecule has 108 valence electrons. The van der Waals surface area contributed by atoms with Crippen molar-refractivity contribution in [2.75, 3.05) is 6.54 Å². The summed E-state index contributed by atoms with van der Waals surface area (Å²) in [5.41, 5.74) is 0. The molecular formula is C15H25NO3. The van der Waals surface area contributed by atoms with Crippen LogP contribution < -0.4 is 0 Å². The van der Waals surface area contributed by atoms with Crippen molar-refractivity contribution in [2.24, 2.45) is 5.92 Å². The second-order valence-electron chi connectivity index (χ2n) is 6.42. The first-order valence-electron chi connectivity index (χ1n) is 7.81. The number of ether oxygens (including phenoxy) is 1. The number of rotatable bonds is 2. The van der Waals surface area contributed by atoms with Crippen molar-refractivity contribution >= 4 is 5.91 Å². The van der Waals surface area contributed by atoms with Crippen LogP contribution >= 0.6 is 0 Å². The van der Waals surface area contributed by atoms with Crippen LogP contribution in [0, 0.1) is 5.92 Å². The summed E-state index contributed by atoms with van der Waals surface area (Å²) in [6.07, 6.45) is 6.82. The monoisotopic (exact) mass is 267 g/mol. The van der Waals surface area contributed by atoms with Gasteiger partial charge in [-0.2, -0.15) is 0 Å². The number of aliphatic hydroxyl groups excluding tert-OH is 1. The molecule has 1 N–H and O–H groups in total. The van der Waals surface area contributed by atoms with E-state index in [1.165, 1.54) is 0 Å². The number of carbonyl (C=O) groups is 1. The van der Waals surface area contributed by atoms with Crippen molar-refractivity contribution in [1.29, 1.82) is 0 Å². The Balaban J connectivity index is 1.67. The van der Waals surface area contributed by atoms with Crippen LogP contribution in [0.3, 0.4) is 0 Å². The number of nitrogens with zero attached hydrogens (tertiary/aromatic N) is 1. The maximum atomic E-state index is 12.6. The van der Waals surface area contributed by atoms with Crippen LogP contribution in [0.1, 0.15) is 51.9 Å². The van der Waals surface area contributed by atoms with Crippen LogP contribution in [-0.4, -0.2) is 46.8 Å². The van der Waals surface area contributed by atoms with Gasteiger partial charge in [-0.15, -0.1) is 0 Å². The molecule has 2 heterocycles. The van der Waals surface area contributed by atoms with Crippen molar-refractivity contribution in [2.45, 2.75) is 76.2 Å². The molecule has 1 saturated carbocycles. The Hall–Kier alpha value is -0.610. The molecule has 0 bridgehead atoms. The van der Waals surface area contributed by atoms with Gasteiger partial charge in [0.25, 0.3) is 5.91 Å². The van der Waals surface area contributed by atoms with Crippen molar-refractivity contribution < 1.29 is 14.6 Å². The van der Waals surface area contributed by atoms with Crippen LogP contribution in [0.4, 0.5) is 0 Å². The topological polar surface area (TPSA) is 49.8 Å².